The van der Waals surface area contributed by atoms with Gasteiger partial charge in [-0.3, -0.25) is 4.79 Å². The van der Waals surface area contributed by atoms with Crippen molar-refractivity contribution in [2.75, 3.05) is 0 Å². The molecular formula is C11H12N2O4. The molecule has 1 aromatic carbocycles. The lowest BCUT2D eigenvalue weighted by Crippen LogP contribution is -2.18. The Morgan fingerprint density at radius 2 is 2.06 bits per heavy atom. The fraction of sp³-hybridized carbons (Fsp3) is 0.182. The molecule has 1 aromatic rings. The van der Waals surface area contributed by atoms with Gasteiger partial charge in [-0.05, 0) is 5.56 Å². The predicted octanol–water partition coefficient (Wildman–Crippen LogP) is 0.497. The zero-order chi connectivity index (χ0) is 12.8. The van der Waals surface area contributed by atoms with Crippen LogP contribution in [0, 0.1) is 0 Å². The van der Waals surface area contributed by atoms with Crippen molar-refractivity contribution in [3.05, 3.63) is 35.4 Å². The summed E-state index contributed by atoms with van der Waals surface area (Å²) in [4.78, 5) is 25.6. The number of rotatable bonds is 4. The van der Waals surface area contributed by atoms with Crippen LogP contribution in [-0.4, -0.2) is 22.9 Å². The van der Waals surface area contributed by atoms with Crippen molar-refractivity contribution in [2.24, 2.45) is 10.9 Å². The van der Waals surface area contributed by atoms with E-state index in [9.17, 15) is 9.59 Å². The molecule has 0 aliphatic carbocycles. The van der Waals surface area contributed by atoms with Crippen molar-refractivity contribution < 1.29 is 19.5 Å². The van der Waals surface area contributed by atoms with Gasteiger partial charge in [-0.15, -0.1) is 0 Å². The third kappa shape index (κ3) is 3.94. The largest absolute Gasteiger partial charge is 0.481 e. The summed E-state index contributed by atoms with van der Waals surface area (Å²) >= 11 is 0. The molecular weight excluding hydrogens is 224 g/mol. The van der Waals surface area contributed by atoms with Crippen molar-refractivity contribution in [1.29, 1.82) is 0 Å². The molecule has 0 bridgehead atoms. The number of hydrogen-bond donors (Lipinski definition) is 2. The quantitative estimate of drug-likeness (QED) is 0.343. The highest BCUT2D eigenvalue weighted by Gasteiger charge is 2.09. The van der Waals surface area contributed by atoms with Crippen LogP contribution in [0.25, 0.3) is 0 Å². The van der Waals surface area contributed by atoms with E-state index in [0.29, 0.717) is 11.1 Å². The maximum Gasteiger partial charge on any atom is 0.332 e. The molecule has 3 N–H and O–H groups in total. The molecule has 0 spiro atoms. The first-order valence-corrected chi connectivity index (χ1v) is 4.82. The fourth-order valence-electron chi connectivity index (χ4n) is 1.25. The Bertz CT molecular complexity index is 468. The Kier molecular flexibility index (Phi) is 4.21. The first kappa shape index (κ1) is 12.7. The van der Waals surface area contributed by atoms with Crippen LogP contribution in [0.1, 0.15) is 18.1 Å². The number of carboxylic acid groups (broad SMARTS) is 1. The number of oxime groups is 1. The van der Waals surface area contributed by atoms with E-state index < -0.39 is 11.9 Å². The van der Waals surface area contributed by atoms with Crippen LogP contribution in [-0.2, 0) is 20.8 Å². The Hall–Kier alpha value is -2.37. The van der Waals surface area contributed by atoms with Gasteiger partial charge >= 0.3 is 11.9 Å². The molecule has 0 unspecified atom stereocenters. The second-order valence-corrected chi connectivity index (χ2v) is 3.29. The van der Waals surface area contributed by atoms with Crippen LogP contribution in [0.15, 0.2) is 29.4 Å². The molecule has 6 nitrogen and oxygen atoms in total. The van der Waals surface area contributed by atoms with Crippen molar-refractivity contribution >= 4 is 17.8 Å². The van der Waals surface area contributed by atoms with Crippen LogP contribution in [0.4, 0.5) is 0 Å². The molecule has 0 amide bonds. The molecule has 0 aliphatic rings. The molecule has 6 heteroatoms. The van der Waals surface area contributed by atoms with E-state index in [-0.39, 0.29) is 12.3 Å². The molecule has 0 saturated heterocycles. The standard InChI is InChI=1S/C11H12N2O4/c1-7(14)17-13-11(12)9-5-3-2-4-8(9)6-10(15)16/h2-5H,6H2,1H3,(H2,12,13)(H,15,16). The molecule has 0 aromatic heterocycles. The monoisotopic (exact) mass is 236 g/mol. The van der Waals surface area contributed by atoms with Gasteiger partial charge in [0.2, 0.25) is 0 Å². The predicted molar refractivity (Wildman–Crippen MR) is 60.3 cm³/mol. The summed E-state index contributed by atoms with van der Waals surface area (Å²) in [7, 11) is 0. The van der Waals surface area contributed by atoms with Gasteiger partial charge in [-0.1, -0.05) is 29.4 Å². The van der Waals surface area contributed by atoms with E-state index in [1.54, 1.807) is 24.3 Å². The Morgan fingerprint density at radius 3 is 2.65 bits per heavy atom. The van der Waals surface area contributed by atoms with Gasteiger partial charge in [0.1, 0.15) is 0 Å². The maximum atomic E-state index is 10.6. The molecule has 0 atom stereocenters. The minimum absolute atomic E-state index is 0.0305. The molecule has 0 heterocycles. The lowest BCUT2D eigenvalue weighted by atomic mass is 10.0. The second-order valence-electron chi connectivity index (χ2n) is 3.29. The zero-order valence-electron chi connectivity index (χ0n) is 9.21. The topological polar surface area (TPSA) is 102 Å². The summed E-state index contributed by atoms with van der Waals surface area (Å²) in [6, 6.07) is 6.62. The summed E-state index contributed by atoms with van der Waals surface area (Å²) < 4.78 is 0. The van der Waals surface area contributed by atoms with Gasteiger partial charge in [-0.25, -0.2) is 4.79 Å². The first-order chi connectivity index (χ1) is 8.00. The number of benzene rings is 1. The number of carbonyl (C=O) groups is 2. The molecule has 1 rings (SSSR count). The molecule has 0 fully saturated rings. The Balaban J connectivity index is 2.99. The highest BCUT2D eigenvalue weighted by Crippen LogP contribution is 2.09. The van der Waals surface area contributed by atoms with Crippen LogP contribution >= 0.6 is 0 Å². The van der Waals surface area contributed by atoms with Crippen molar-refractivity contribution in [1.82, 2.24) is 0 Å². The summed E-state index contributed by atoms with van der Waals surface area (Å²) in [6.45, 7) is 1.19. The van der Waals surface area contributed by atoms with E-state index >= 15 is 0 Å². The van der Waals surface area contributed by atoms with Gasteiger partial charge in [-0.2, -0.15) is 0 Å². The van der Waals surface area contributed by atoms with Crippen molar-refractivity contribution in [3.8, 4) is 0 Å². The summed E-state index contributed by atoms with van der Waals surface area (Å²) in [5.74, 6) is -1.60. The number of aliphatic carboxylic acids is 1. The highest BCUT2D eigenvalue weighted by atomic mass is 16.7. The molecule has 0 saturated carbocycles. The van der Waals surface area contributed by atoms with Gasteiger partial charge in [0.05, 0.1) is 6.42 Å². The van der Waals surface area contributed by atoms with E-state index in [0.717, 1.165) is 0 Å². The minimum atomic E-state index is -0.974. The van der Waals surface area contributed by atoms with Gasteiger partial charge in [0.25, 0.3) is 0 Å². The lowest BCUT2D eigenvalue weighted by Gasteiger charge is -2.05. The normalized spacial score (nSPS) is 11.0. The van der Waals surface area contributed by atoms with Crippen LogP contribution in [0.5, 0.6) is 0 Å². The van der Waals surface area contributed by atoms with Gasteiger partial charge in [0.15, 0.2) is 5.84 Å². The second kappa shape index (κ2) is 5.64. The molecule has 90 valence electrons. The van der Waals surface area contributed by atoms with Crippen LogP contribution in [0.2, 0.25) is 0 Å². The SMILES string of the molecule is CC(=O)O/N=C(\N)c1ccccc1CC(=O)O. The third-order valence-corrected chi connectivity index (χ3v) is 1.91. The number of amidine groups is 1. The van der Waals surface area contributed by atoms with Gasteiger partial charge < -0.3 is 15.7 Å². The summed E-state index contributed by atoms with van der Waals surface area (Å²) in [6.07, 6.45) is -0.174. The van der Waals surface area contributed by atoms with Crippen LogP contribution in [0.3, 0.4) is 0 Å². The summed E-state index contributed by atoms with van der Waals surface area (Å²) in [5.41, 5.74) is 6.55. The average molecular weight is 236 g/mol. The van der Waals surface area contributed by atoms with E-state index in [1.165, 1.54) is 6.92 Å². The number of carbonyl (C=O) groups excluding carboxylic acids is 1. The lowest BCUT2D eigenvalue weighted by molar-refractivity contribution is -0.141. The smallest absolute Gasteiger partial charge is 0.332 e. The Labute approximate surface area is 97.7 Å². The van der Waals surface area contributed by atoms with Crippen LogP contribution < -0.4 is 5.73 Å². The average Bonchev–Trinajstić information content (AvgIpc) is 2.25. The highest BCUT2D eigenvalue weighted by molar-refractivity contribution is 5.99. The molecule has 0 radical (unpaired) electrons. The third-order valence-electron chi connectivity index (χ3n) is 1.91. The Morgan fingerprint density at radius 1 is 1.41 bits per heavy atom. The number of nitrogens with two attached hydrogens (primary N) is 1. The number of carboxylic acids is 1. The van der Waals surface area contributed by atoms with E-state index in [1.807, 2.05) is 0 Å². The van der Waals surface area contributed by atoms with Crippen molar-refractivity contribution in [2.45, 2.75) is 13.3 Å². The van der Waals surface area contributed by atoms with Crippen molar-refractivity contribution in [3.63, 3.8) is 0 Å². The minimum Gasteiger partial charge on any atom is -0.481 e. The molecule has 17 heavy (non-hydrogen) atoms. The zero-order valence-corrected chi connectivity index (χ0v) is 9.21. The van der Waals surface area contributed by atoms with E-state index in [4.69, 9.17) is 10.8 Å². The molecule has 0 aliphatic heterocycles. The van der Waals surface area contributed by atoms with E-state index in [2.05, 4.69) is 9.99 Å². The van der Waals surface area contributed by atoms with Gasteiger partial charge in [0, 0.05) is 12.5 Å². The maximum absolute atomic E-state index is 10.6. The number of hydrogen-bond acceptors (Lipinski definition) is 4. The summed E-state index contributed by atoms with van der Waals surface area (Å²) in [5, 5.41) is 12.1. The first-order valence-electron chi connectivity index (χ1n) is 4.82. The fourth-order valence-corrected chi connectivity index (χ4v) is 1.25. The number of nitrogens with zero attached hydrogens (tertiary/aromatic N) is 1.